The van der Waals surface area contributed by atoms with E-state index >= 15 is 0 Å². The molecule has 2 heterocycles. The molecule has 0 bridgehead atoms. The summed E-state index contributed by atoms with van der Waals surface area (Å²) in [6.07, 6.45) is 6.90. The van der Waals surface area contributed by atoms with E-state index in [0.717, 1.165) is 69.7 Å². The molecule has 1 saturated heterocycles. The second-order valence-corrected chi connectivity index (χ2v) is 8.10. The first-order valence-electron chi connectivity index (χ1n) is 10.1. The molecule has 0 atom stereocenters. The fourth-order valence-electron chi connectivity index (χ4n) is 4.65. The third-order valence-corrected chi connectivity index (χ3v) is 6.23. The molecule has 1 aliphatic carbocycles. The fraction of sp³-hybridized carbons (Fsp3) is 0.500. The van der Waals surface area contributed by atoms with Crippen LogP contribution in [0, 0.1) is 16.7 Å². The minimum Gasteiger partial charge on any atom is -0.352 e. The van der Waals surface area contributed by atoms with E-state index in [4.69, 9.17) is 5.26 Å². The molecule has 0 radical (unpaired) electrons. The Labute approximate surface area is 166 Å². The van der Waals surface area contributed by atoms with Crippen molar-refractivity contribution in [3.63, 3.8) is 0 Å². The number of carbonyl (C=O) groups excluding carboxylic acids is 1. The first kappa shape index (κ1) is 18.5. The zero-order valence-electron chi connectivity index (χ0n) is 16.5. The number of anilines is 1. The monoisotopic (exact) mass is 377 g/mol. The van der Waals surface area contributed by atoms with Gasteiger partial charge in [0.15, 0.2) is 5.82 Å². The molecule has 0 N–H and O–H groups in total. The summed E-state index contributed by atoms with van der Waals surface area (Å²) in [5.41, 5.74) is 1.55. The Hall–Kier alpha value is -2.81. The molecule has 1 aromatic carbocycles. The van der Waals surface area contributed by atoms with Crippen LogP contribution in [0.15, 0.2) is 36.5 Å². The molecule has 2 aliphatic rings. The Morgan fingerprint density at radius 2 is 1.79 bits per heavy atom. The lowest BCUT2D eigenvalue weighted by Crippen LogP contribution is -2.53. The van der Waals surface area contributed by atoms with Gasteiger partial charge in [0.25, 0.3) is 0 Å². The number of amides is 1. The van der Waals surface area contributed by atoms with E-state index in [-0.39, 0.29) is 5.41 Å². The van der Waals surface area contributed by atoms with Gasteiger partial charge in [-0.05, 0) is 37.0 Å². The third kappa shape index (κ3) is 3.62. The number of aryl methyl sites for hydroxylation is 1. The number of hydrogen-bond donors (Lipinski definition) is 0. The van der Waals surface area contributed by atoms with Crippen molar-refractivity contribution in [1.29, 1.82) is 5.26 Å². The predicted molar refractivity (Wildman–Crippen MR) is 108 cm³/mol. The highest BCUT2D eigenvalue weighted by Gasteiger charge is 2.44. The van der Waals surface area contributed by atoms with Crippen LogP contribution in [0.5, 0.6) is 0 Å². The molecule has 1 amide bonds. The van der Waals surface area contributed by atoms with Gasteiger partial charge in [-0.15, -0.1) is 0 Å². The van der Waals surface area contributed by atoms with Crippen molar-refractivity contribution in [1.82, 2.24) is 14.7 Å². The van der Waals surface area contributed by atoms with Crippen LogP contribution in [0.2, 0.25) is 0 Å². The number of carbonyl (C=O) groups is 1. The highest BCUT2D eigenvalue weighted by molar-refractivity contribution is 5.83. The normalized spacial score (nSPS) is 18.9. The maximum atomic E-state index is 13.5. The maximum absolute atomic E-state index is 13.5. The Bertz CT molecular complexity index is 865. The Balaban J connectivity index is 1.44. The zero-order chi connectivity index (χ0) is 19.6. The van der Waals surface area contributed by atoms with Gasteiger partial charge in [-0.25, -0.2) is 0 Å². The topological polar surface area (TPSA) is 65.2 Å². The van der Waals surface area contributed by atoms with Crippen molar-refractivity contribution < 1.29 is 4.79 Å². The minimum absolute atomic E-state index is 0.276. The molecule has 6 heteroatoms. The molecular formula is C22H27N5O. The summed E-state index contributed by atoms with van der Waals surface area (Å²) in [7, 11) is 1.93. The Morgan fingerprint density at radius 1 is 1.11 bits per heavy atom. The van der Waals surface area contributed by atoms with Gasteiger partial charge in [-0.1, -0.05) is 25.0 Å². The van der Waals surface area contributed by atoms with Gasteiger partial charge < -0.3 is 9.80 Å². The van der Waals surface area contributed by atoms with E-state index in [0.29, 0.717) is 11.5 Å². The van der Waals surface area contributed by atoms with Crippen molar-refractivity contribution >= 4 is 11.7 Å². The molecule has 2 fully saturated rings. The van der Waals surface area contributed by atoms with E-state index in [2.05, 4.69) is 21.0 Å². The van der Waals surface area contributed by atoms with E-state index in [9.17, 15) is 4.79 Å². The SMILES string of the molecule is Cn1ccc(N2CCN(C(=O)C3(Cc4ccc(C#N)cc4)CCCC3)CC2)n1. The van der Waals surface area contributed by atoms with E-state index < -0.39 is 0 Å². The molecule has 1 saturated carbocycles. The molecule has 0 spiro atoms. The van der Waals surface area contributed by atoms with Crippen LogP contribution in [0.1, 0.15) is 36.8 Å². The van der Waals surface area contributed by atoms with Crippen LogP contribution < -0.4 is 4.90 Å². The predicted octanol–water partition coefficient (Wildman–Crippen LogP) is 2.74. The summed E-state index contributed by atoms with van der Waals surface area (Å²) < 4.78 is 1.82. The number of benzene rings is 1. The lowest BCUT2D eigenvalue weighted by Gasteiger charge is -2.40. The van der Waals surface area contributed by atoms with Crippen molar-refractivity contribution in [2.45, 2.75) is 32.1 Å². The van der Waals surface area contributed by atoms with Crippen molar-refractivity contribution in [2.24, 2.45) is 12.5 Å². The largest absolute Gasteiger partial charge is 0.352 e. The lowest BCUT2D eigenvalue weighted by atomic mass is 9.78. The lowest BCUT2D eigenvalue weighted by molar-refractivity contribution is -0.142. The van der Waals surface area contributed by atoms with Crippen LogP contribution >= 0.6 is 0 Å². The fourth-order valence-corrected chi connectivity index (χ4v) is 4.65. The molecule has 1 aromatic heterocycles. The summed E-state index contributed by atoms with van der Waals surface area (Å²) in [6, 6.07) is 11.9. The van der Waals surface area contributed by atoms with Crippen LogP contribution in [-0.4, -0.2) is 46.8 Å². The zero-order valence-corrected chi connectivity index (χ0v) is 16.5. The van der Waals surface area contributed by atoms with Crippen LogP contribution in [0.25, 0.3) is 0 Å². The standard InChI is InChI=1S/C22H27N5O/c1-25-11-8-20(24-25)26-12-14-27(15-13-26)21(28)22(9-2-3-10-22)16-18-4-6-19(17-23)7-5-18/h4-8,11H,2-3,9-10,12-16H2,1H3. The smallest absolute Gasteiger partial charge is 0.229 e. The van der Waals surface area contributed by atoms with Crippen molar-refractivity contribution in [3.8, 4) is 6.07 Å². The summed E-state index contributed by atoms with van der Waals surface area (Å²) in [5, 5.41) is 13.5. The third-order valence-electron chi connectivity index (χ3n) is 6.23. The number of nitrogens with zero attached hydrogens (tertiary/aromatic N) is 5. The molecule has 2 aromatic rings. The summed E-state index contributed by atoms with van der Waals surface area (Å²) in [6.45, 7) is 3.17. The van der Waals surface area contributed by atoms with Gasteiger partial charge in [-0.2, -0.15) is 10.4 Å². The molecule has 1 aliphatic heterocycles. The Morgan fingerprint density at radius 3 is 2.36 bits per heavy atom. The summed E-state index contributed by atoms with van der Waals surface area (Å²) in [4.78, 5) is 17.9. The van der Waals surface area contributed by atoms with Crippen LogP contribution in [0.4, 0.5) is 5.82 Å². The average Bonchev–Trinajstić information content (AvgIpc) is 3.38. The molecule has 0 unspecified atom stereocenters. The molecule has 6 nitrogen and oxygen atoms in total. The second-order valence-electron chi connectivity index (χ2n) is 8.10. The second kappa shape index (κ2) is 7.67. The highest BCUT2D eigenvalue weighted by atomic mass is 16.2. The minimum atomic E-state index is -0.276. The average molecular weight is 377 g/mol. The van der Waals surface area contributed by atoms with Crippen molar-refractivity contribution in [3.05, 3.63) is 47.7 Å². The van der Waals surface area contributed by atoms with Gasteiger partial charge >= 0.3 is 0 Å². The van der Waals surface area contributed by atoms with Crippen molar-refractivity contribution in [2.75, 3.05) is 31.1 Å². The number of piperazine rings is 1. The highest BCUT2D eigenvalue weighted by Crippen LogP contribution is 2.43. The van der Waals surface area contributed by atoms with E-state index in [1.807, 2.05) is 48.3 Å². The summed E-state index contributed by atoms with van der Waals surface area (Å²) >= 11 is 0. The van der Waals surface area contributed by atoms with Gasteiger partial charge in [0.05, 0.1) is 17.0 Å². The number of aromatic nitrogens is 2. The summed E-state index contributed by atoms with van der Waals surface area (Å²) in [5.74, 6) is 1.30. The van der Waals surface area contributed by atoms with E-state index in [1.165, 1.54) is 0 Å². The van der Waals surface area contributed by atoms with Crippen LogP contribution in [-0.2, 0) is 18.3 Å². The Kier molecular flexibility index (Phi) is 5.08. The van der Waals surface area contributed by atoms with Gasteiger partial charge in [0, 0.05) is 45.5 Å². The number of hydrogen-bond acceptors (Lipinski definition) is 4. The first-order valence-corrected chi connectivity index (χ1v) is 10.1. The molecule has 28 heavy (non-hydrogen) atoms. The first-order chi connectivity index (χ1) is 13.6. The molecular weight excluding hydrogens is 350 g/mol. The van der Waals surface area contributed by atoms with Gasteiger partial charge in [0.2, 0.25) is 5.91 Å². The van der Waals surface area contributed by atoms with Crippen LogP contribution in [0.3, 0.4) is 0 Å². The number of nitriles is 1. The van der Waals surface area contributed by atoms with E-state index in [1.54, 1.807) is 0 Å². The maximum Gasteiger partial charge on any atom is 0.229 e. The molecule has 4 rings (SSSR count). The molecule has 146 valence electrons. The van der Waals surface area contributed by atoms with Gasteiger partial charge in [0.1, 0.15) is 0 Å². The number of rotatable bonds is 4. The van der Waals surface area contributed by atoms with Gasteiger partial charge in [-0.3, -0.25) is 9.48 Å². The quantitative estimate of drug-likeness (QED) is 0.822.